The van der Waals surface area contributed by atoms with Crippen LogP contribution in [0.25, 0.3) is 5.52 Å². The molecule has 2 aromatic rings. The lowest BCUT2D eigenvalue weighted by Crippen LogP contribution is -2.36. The summed E-state index contributed by atoms with van der Waals surface area (Å²) in [5.74, 6) is -1.31. The molecule has 2 aromatic heterocycles. The highest BCUT2D eigenvalue weighted by Gasteiger charge is 2.52. The molecule has 0 radical (unpaired) electrons. The number of hydrogen-bond donors (Lipinski definition) is 2. The van der Waals surface area contributed by atoms with Crippen molar-refractivity contribution in [3.05, 3.63) is 24.2 Å². The first-order valence-corrected chi connectivity index (χ1v) is 10.0. The number of rotatable bonds is 7. The summed E-state index contributed by atoms with van der Waals surface area (Å²) in [6, 6.07) is 5.04. The number of amides is 1. The van der Waals surface area contributed by atoms with Crippen molar-refractivity contribution in [2.45, 2.75) is 45.0 Å². The van der Waals surface area contributed by atoms with Crippen LogP contribution in [0.1, 0.15) is 32.9 Å². The second-order valence-electron chi connectivity index (χ2n) is 7.56. The highest BCUT2D eigenvalue weighted by molar-refractivity contribution is 5.88. The molecule has 0 spiro atoms. The van der Waals surface area contributed by atoms with Gasteiger partial charge in [-0.3, -0.25) is 14.9 Å². The first-order valence-electron chi connectivity index (χ1n) is 10.0. The minimum absolute atomic E-state index is 0.0482. The molecule has 0 saturated carbocycles. The highest BCUT2D eigenvalue weighted by Crippen LogP contribution is 2.40. The molecule has 1 fully saturated rings. The van der Waals surface area contributed by atoms with E-state index in [1.54, 1.807) is 13.8 Å². The topological polar surface area (TPSA) is 174 Å². The van der Waals surface area contributed by atoms with Gasteiger partial charge in [0.1, 0.15) is 30.6 Å². The minimum Gasteiger partial charge on any atom is -0.463 e. The van der Waals surface area contributed by atoms with Gasteiger partial charge >= 0.3 is 18.0 Å². The molecular formula is C20H23N5O8. The fourth-order valence-electron chi connectivity index (χ4n) is 3.25. The van der Waals surface area contributed by atoms with Crippen LogP contribution in [-0.4, -0.2) is 63.3 Å². The molecule has 13 nitrogen and oxygen atoms in total. The summed E-state index contributed by atoms with van der Waals surface area (Å²) in [4.78, 5) is 38.4. The number of ether oxygens (including phenoxy) is 4. The Hall–Kier alpha value is -3.76. The molecule has 0 bridgehead atoms. The van der Waals surface area contributed by atoms with Gasteiger partial charge in [0.05, 0.1) is 17.7 Å². The Bertz CT molecular complexity index is 1090. The van der Waals surface area contributed by atoms with E-state index in [1.807, 2.05) is 6.07 Å². The lowest BCUT2D eigenvalue weighted by atomic mass is 9.94. The number of aliphatic hydroxyl groups excluding tert-OH is 1. The third kappa shape index (κ3) is 5.02. The smallest absolute Gasteiger partial charge is 0.415 e. The number of hydrogen-bond acceptors (Lipinski definition) is 11. The zero-order valence-corrected chi connectivity index (χ0v) is 18.2. The van der Waals surface area contributed by atoms with Crippen LogP contribution in [0, 0.1) is 17.2 Å². The van der Waals surface area contributed by atoms with E-state index in [4.69, 9.17) is 14.2 Å². The minimum atomic E-state index is -1.79. The summed E-state index contributed by atoms with van der Waals surface area (Å²) in [5, 5.41) is 27.1. The standard InChI is InChI=1S/C20H23N5O8/c1-11(2)18(28)30-7-13-6-16(27)20(8-21,33-13)15-5-4-14-17(22-9-23-25(14)15)24-19(29)32-10-31-12(3)26/h4-5,9,11,13,16,27H,6-7,10H2,1-3H3,(H,22,23,24,29)/t13-,16-,20+/m1/s1. The van der Waals surface area contributed by atoms with E-state index in [0.29, 0.717) is 0 Å². The Morgan fingerprint density at radius 3 is 2.79 bits per heavy atom. The molecule has 3 heterocycles. The lowest BCUT2D eigenvalue weighted by Gasteiger charge is -2.24. The number of aliphatic hydroxyl groups is 1. The number of carbonyl (C=O) groups is 3. The van der Waals surface area contributed by atoms with Crippen molar-refractivity contribution in [2.75, 3.05) is 18.7 Å². The van der Waals surface area contributed by atoms with Crippen LogP contribution < -0.4 is 5.32 Å². The molecule has 0 unspecified atom stereocenters. The molecule has 33 heavy (non-hydrogen) atoms. The Balaban J connectivity index is 1.81. The van der Waals surface area contributed by atoms with Gasteiger partial charge in [0.2, 0.25) is 12.4 Å². The molecule has 1 aliphatic heterocycles. The van der Waals surface area contributed by atoms with Crippen LogP contribution in [0.5, 0.6) is 0 Å². The Labute approximate surface area is 188 Å². The van der Waals surface area contributed by atoms with E-state index in [1.165, 1.54) is 23.6 Å². The maximum atomic E-state index is 11.9. The van der Waals surface area contributed by atoms with Crippen LogP contribution in [0.15, 0.2) is 18.5 Å². The van der Waals surface area contributed by atoms with Gasteiger partial charge in [-0.2, -0.15) is 10.4 Å². The first kappa shape index (κ1) is 23.9. The van der Waals surface area contributed by atoms with E-state index in [-0.39, 0.29) is 36.0 Å². The Morgan fingerprint density at radius 1 is 1.36 bits per heavy atom. The average molecular weight is 461 g/mol. The normalized spacial score (nSPS) is 22.1. The van der Waals surface area contributed by atoms with E-state index in [9.17, 15) is 24.8 Å². The number of nitrogens with zero attached hydrogens (tertiary/aromatic N) is 4. The van der Waals surface area contributed by atoms with Crippen molar-refractivity contribution >= 4 is 29.4 Å². The molecule has 13 heteroatoms. The van der Waals surface area contributed by atoms with Crippen LogP contribution in [0.4, 0.5) is 10.6 Å². The van der Waals surface area contributed by atoms with Crippen molar-refractivity contribution in [1.29, 1.82) is 5.26 Å². The van der Waals surface area contributed by atoms with Crippen molar-refractivity contribution in [2.24, 2.45) is 5.92 Å². The van der Waals surface area contributed by atoms with Crippen LogP contribution in [0.3, 0.4) is 0 Å². The van der Waals surface area contributed by atoms with E-state index in [0.717, 1.165) is 6.33 Å². The van der Waals surface area contributed by atoms with Crippen molar-refractivity contribution < 1.29 is 38.4 Å². The summed E-state index contributed by atoms with van der Waals surface area (Å²) in [6.45, 7) is 3.86. The quantitative estimate of drug-likeness (QED) is 0.442. The molecule has 2 N–H and O–H groups in total. The number of anilines is 1. The summed E-state index contributed by atoms with van der Waals surface area (Å²) in [7, 11) is 0. The van der Waals surface area contributed by atoms with Crippen molar-refractivity contribution in [3.63, 3.8) is 0 Å². The van der Waals surface area contributed by atoms with Gasteiger partial charge in [0, 0.05) is 13.3 Å². The number of nitrogens with one attached hydrogen (secondary N) is 1. The third-order valence-corrected chi connectivity index (χ3v) is 4.86. The highest BCUT2D eigenvalue weighted by atomic mass is 16.7. The fraction of sp³-hybridized carbons (Fsp3) is 0.500. The largest absolute Gasteiger partial charge is 0.463 e. The number of aromatic nitrogens is 3. The first-order chi connectivity index (χ1) is 15.7. The summed E-state index contributed by atoms with van der Waals surface area (Å²) >= 11 is 0. The molecule has 176 valence electrons. The van der Waals surface area contributed by atoms with Crippen molar-refractivity contribution in [1.82, 2.24) is 14.6 Å². The third-order valence-electron chi connectivity index (χ3n) is 4.86. The lowest BCUT2D eigenvalue weighted by molar-refractivity contribution is -0.153. The van der Waals surface area contributed by atoms with E-state index in [2.05, 4.69) is 20.1 Å². The molecular weight excluding hydrogens is 438 g/mol. The Kier molecular flexibility index (Phi) is 7.10. The van der Waals surface area contributed by atoms with Gasteiger partial charge < -0.3 is 24.1 Å². The Morgan fingerprint density at radius 2 is 2.12 bits per heavy atom. The second-order valence-corrected chi connectivity index (χ2v) is 7.56. The van der Waals surface area contributed by atoms with Gasteiger partial charge in [-0.25, -0.2) is 14.3 Å². The molecule has 1 aliphatic rings. The zero-order valence-electron chi connectivity index (χ0n) is 18.2. The fourth-order valence-corrected chi connectivity index (χ4v) is 3.25. The molecule has 3 atom stereocenters. The molecule has 0 aromatic carbocycles. The zero-order chi connectivity index (χ0) is 24.2. The predicted octanol–water partition coefficient (Wildman–Crippen LogP) is 0.866. The molecule has 1 saturated heterocycles. The van der Waals surface area contributed by atoms with Crippen LogP contribution in [0.2, 0.25) is 0 Å². The molecule has 1 amide bonds. The van der Waals surface area contributed by atoms with Gasteiger partial charge in [-0.05, 0) is 12.1 Å². The van der Waals surface area contributed by atoms with Crippen LogP contribution in [-0.2, 0) is 34.1 Å². The SMILES string of the molecule is CC(=O)OCOC(=O)Nc1ncnn2c([C@]3(C#N)O[C@@H](COC(=O)C(C)C)C[C@H]3O)ccc12. The average Bonchev–Trinajstić information content (AvgIpc) is 3.33. The van der Waals surface area contributed by atoms with E-state index < -0.39 is 42.6 Å². The van der Waals surface area contributed by atoms with Gasteiger partial charge in [0.25, 0.3) is 0 Å². The number of fused-ring (bicyclic) bond motifs is 1. The summed E-state index contributed by atoms with van der Waals surface area (Å²) in [5.41, 5.74) is -1.30. The van der Waals surface area contributed by atoms with Gasteiger partial charge in [-0.15, -0.1) is 0 Å². The van der Waals surface area contributed by atoms with Gasteiger partial charge in [0.15, 0.2) is 5.82 Å². The van der Waals surface area contributed by atoms with E-state index >= 15 is 0 Å². The monoisotopic (exact) mass is 461 g/mol. The second kappa shape index (κ2) is 9.80. The maximum absolute atomic E-state index is 11.9. The summed E-state index contributed by atoms with van der Waals surface area (Å²) < 4.78 is 21.6. The van der Waals surface area contributed by atoms with Crippen molar-refractivity contribution in [3.8, 4) is 6.07 Å². The number of esters is 2. The molecule has 3 rings (SSSR count). The predicted molar refractivity (Wildman–Crippen MR) is 108 cm³/mol. The number of carbonyl (C=O) groups excluding carboxylic acids is 3. The molecule has 0 aliphatic carbocycles. The number of nitriles is 1. The van der Waals surface area contributed by atoms with Gasteiger partial charge in [-0.1, -0.05) is 13.8 Å². The maximum Gasteiger partial charge on any atom is 0.415 e. The summed E-state index contributed by atoms with van der Waals surface area (Å²) in [6.07, 6.45) is -1.68. The van der Waals surface area contributed by atoms with Crippen LogP contribution >= 0.6 is 0 Å².